The van der Waals surface area contributed by atoms with E-state index >= 15 is 0 Å². The normalized spacial score (nSPS) is 41.3. The minimum Gasteiger partial charge on any atom is -0.631 e. The highest BCUT2D eigenvalue weighted by atomic mass is 16.6. The summed E-state index contributed by atoms with van der Waals surface area (Å²) in [4.78, 5) is 0. The summed E-state index contributed by atoms with van der Waals surface area (Å²) in [6.45, 7) is 4.74. The van der Waals surface area contributed by atoms with Gasteiger partial charge in [-0.2, -0.15) is 0 Å². The van der Waals surface area contributed by atoms with Gasteiger partial charge in [0.25, 0.3) is 0 Å². The summed E-state index contributed by atoms with van der Waals surface area (Å²) in [5, 5.41) is 11.1. The van der Waals surface area contributed by atoms with Gasteiger partial charge in [0.2, 0.25) is 0 Å². The van der Waals surface area contributed by atoms with Crippen LogP contribution in [0.5, 0.6) is 0 Å². The number of nitrogens with zero attached hydrogens (tertiary/aromatic N) is 1. The fourth-order valence-electron chi connectivity index (χ4n) is 1.21. The van der Waals surface area contributed by atoms with Gasteiger partial charge in [-0.15, -0.1) is 0 Å². The first-order valence-electron chi connectivity index (χ1n) is 3.11. The van der Waals surface area contributed by atoms with Crippen molar-refractivity contribution in [2.24, 2.45) is 0 Å². The summed E-state index contributed by atoms with van der Waals surface area (Å²) >= 11 is 0. The van der Waals surface area contributed by atoms with Crippen LogP contribution >= 0.6 is 0 Å². The van der Waals surface area contributed by atoms with E-state index in [1.165, 1.54) is 0 Å². The zero-order valence-electron chi connectivity index (χ0n) is 6.18. The Kier molecular flexibility index (Phi) is 1.31. The number of hydrogen-bond donors (Lipinski definition) is 0. The van der Waals surface area contributed by atoms with Crippen molar-refractivity contribution in [2.75, 3.05) is 20.3 Å². The first-order valence-corrected chi connectivity index (χ1v) is 3.11. The Morgan fingerprint density at radius 1 is 1.56 bits per heavy atom. The fraction of sp³-hybridized carbons (Fsp3) is 1.00. The summed E-state index contributed by atoms with van der Waals surface area (Å²) in [6, 6.07) is 0. The molecule has 1 atom stereocenters. The number of quaternary nitrogens is 1. The molecule has 1 fully saturated rings. The maximum atomic E-state index is 11.1. The zero-order valence-corrected chi connectivity index (χ0v) is 6.18. The molecule has 9 heavy (non-hydrogen) atoms. The van der Waals surface area contributed by atoms with E-state index in [4.69, 9.17) is 4.74 Å². The number of likely N-dealkylation sites (N-methyl/N-ethyl adjacent to an activating group) is 1. The molecule has 54 valence electrons. The van der Waals surface area contributed by atoms with E-state index in [9.17, 15) is 5.21 Å². The molecule has 1 rings (SSSR count). The first kappa shape index (κ1) is 6.99. The molecule has 1 unspecified atom stereocenters. The molecule has 0 N–H and O–H groups in total. The van der Waals surface area contributed by atoms with Gasteiger partial charge in [0.05, 0.1) is 7.05 Å². The van der Waals surface area contributed by atoms with Gasteiger partial charge in [0, 0.05) is 0 Å². The maximum absolute atomic E-state index is 11.1. The molecule has 0 bridgehead atoms. The Bertz CT molecular complexity index is 106. The first-order chi connectivity index (χ1) is 3.91. The predicted octanol–water partition coefficient (Wildman–Crippen LogP) is 0.697. The van der Waals surface area contributed by atoms with E-state index in [1.54, 1.807) is 7.05 Å². The monoisotopic (exact) mass is 131 g/mol. The SMILES string of the molecule is CC1(C)C[N+](C)([O-])CO1. The maximum Gasteiger partial charge on any atom is 0.183 e. The molecular formula is C6H13NO2. The molecule has 1 saturated heterocycles. The quantitative estimate of drug-likeness (QED) is 0.358. The molecule has 0 aromatic heterocycles. The number of rotatable bonds is 0. The van der Waals surface area contributed by atoms with Crippen molar-refractivity contribution < 1.29 is 9.38 Å². The lowest BCUT2D eigenvalue weighted by atomic mass is 10.1. The molecule has 1 heterocycles. The third-order valence-electron chi connectivity index (χ3n) is 1.44. The Morgan fingerprint density at radius 2 is 2.11 bits per heavy atom. The van der Waals surface area contributed by atoms with Crippen LogP contribution in [0.3, 0.4) is 0 Å². The average molecular weight is 131 g/mol. The van der Waals surface area contributed by atoms with E-state index in [0.29, 0.717) is 13.3 Å². The summed E-state index contributed by atoms with van der Waals surface area (Å²) in [6.07, 6.45) is 0. The van der Waals surface area contributed by atoms with Crippen LogP contribution in [0.1, 0.15) is 13.8 Å². The van der Waals surface area contributed by atoms with Crippen LogP contribution in [0.2, 0.25) is 0 Å². The third-order valence-corrected chi connectivity index (χ3v) is 1.44. The van der Waals surface area contributed by atoms with Crippen LogP contribution in [-0.4, -0.2) is 30.6 Å². The molecule has 0 saturated carbocycles. The molecule has 0 radical (unpaired) electrons. The van der Waals surface area contributed by atoms with Crippen molar-refractivity contribution in [3.63, 3.8) is 0 Å². The van der Waals surface area contributed by atoms with Crippen LogP contribution in [0.15, 0.2) is 0 Å². The van der Waals surface area contributed by atoms with Gasteiger partial charge in [0.1, 0.15) is 12.1 Å². The van der Waals surface area contributed by atoms with E-state index in [0.717, 1.165) is 0 Å². The van der Waals surface area contributed by atoms with E-state index < -0.39 is 0 Å². The molecule has 1 aliphatic heterocycles. The van der Waals surface area contributed by atoms with Crippen molar-refractivity contribution >= 4 is 0 Å². The minimum atomic E-state index is -0.257. The molecule has 3 heteroatoms. The van der Waals surface area contributed by atoms with Gasteiger partial charge in [-0.1, -0.05) is 0 Å². The molecule has 0 aromatic carbocycles. The smallest absolute Gasteiger partial charge is 0.183 e. The number of hydroxylamine groups is 3. The largest absolute Gasteiger partial charge is 0.631 e. The van der Waals surface area contributed by atoms with Gasteiger partial charge in [-0.05, 0) is 13.8 Å². The van der Waals surface area contributed by atoms with Gasteiger partial charge in [0.15, 0.2) is 6.73 Å². The van der Waals surface area contributed by atoms with Crippen molar-refractivity contribution in [1.82, 2.24) is 0 Å². The predicted molar refractivity (Wildman–Crippen MR) is 34.4 cm³/mol. The molecule has 1 aliphatic rings. The Balaban J connectivity index is 2.58. The van der Waals surface area contributed by atoms with Crippen LogP contribution in [0.4, 0.5) is 0 Å². The second kappa shape index (κ2) is 1.68. The molecule has 0 aliphatic carbocycles. The van der Waals surface area contributed by atoms with Gasteiger partial charge in [-0.3, -0.25) is 0 Å². The highest BCUT2D eigenvalue weighted by Crippen LogP contribution is 2.23. The molecular weight excluding hydrogens is 118 g/mol. The lowest BCUT2D eigenvalue weighted by Crippen LogP contribution is -2.37. The fourth-order valence-corrected chi connectivity index (χ4v) is 1.21. The minimum absolute atomic E-state index is 0.212. The lowest BCUT2D eigenvalue weighted by molar-refractivity contribution is -0.858. The summed E-state index contributed by atoms with van der Waals surface area (Å²) in [5.41, 5.74) is -0.212. The summed E-state index contributed by atoms with van der Waals surface area (Å²) in [7, 11) is 1.63. The second-order valence-electron chi connectivity index (χ2n) is 3.49. The molecule has 3 nitrogen and oxygen atoms in total. The van der Waals surface area contributed by atoms with Crippen molar-refractivity contribution in [3.8, 4) is 0 Å². The number of ether oxygens (including phenoxy) is 1. The van der Waals surface area contributed by atoms with E-state index in [-0.39, 0.29) is 10.2 Å². The van der Waals surface area contributed by atoms with Gasteiger partial charge in [-0.25, -0.2) is 0 Å². The van der Waals surface area contributed by atoms with Crippen LogP contribution in [0, 0.1) is 5.21 Å². The van der Waals surface area contributed by atoms with Crippen molar-refractivity contribution in [1.29, 1.82) is 0 Å². The Hall–Kier alpha value is -0.120. The molecule has 0 amide bonds. The highest BCUT2D eigenvalue weighted by Gasteiger charge is 2.35. The number of hydrogen-bond acceptors (Lipinski definition) is 2. The van der Waals surface area contributed by atoms with E-state index in [2.05, 4.69) is 0 Å². The topological polar surface area (TPSA) is 32.3 Å². The van der Waals surface area contributed by atoms with Crippen LogP contribution in [-0.2, 0) is 4.74 Å². The van der Waals surface area contributed by atoms with E-state index in [1.807, 2.05) is 13.8 Å². The summed E-state index contributed by atoms with van der Waals surface area (Å²) < 4.78 is 4.96. The van der Waals surface area contributed by atoms with Crippen LogP contribution < -0.4 is 0 Å². The van der Waals surface area contributed by atoms with Gasteiger partial charge >= 0.3 is 0 Å². The summed E-state index contributed by atoms with van der Waals surface area (Å²) in [5.74, 6) is 0. The van der Waals surface area contributed by atoms with Crippen LogP contribution in [0.25, 0.3) is 0 Å². The lowest BCUT2D eigenvalue weighted by Gasteiger charge is -2.31. The Morgan fingerprint density at radius 3 is 2.22 bits per heavy atom. The zero-order chi connectivity index (χ0) is 7.12. The van der Waals surface area contributed by atoms with Crippen molar-refractivity contribution in [3.05, 3.63) is 5.21 Å². The van der Waals surface area contributed by atoms with Crippen molar-refractivity contribution in [2.45, 2.75) is 19.4 Å². The molecule has 0 aromatic rings. The standard InChI is InChI=1S/C6H13NO2/c1-6(2)4-7(3,8)5-9-6/h4-5H2,1-3H3. The average Bonchev–Trinajstić information content (AvgIpc) is 1.78. The van der Waals surface area contributed by atoms with Gasteiger partial charge < -0.3 is 14.6 Å². The highest BCUT2D eigenvalue weighted by molar-refractivity contribution is 4.70. The second-order valence-corrected chi connectivity index (χ2v) is 3.49. The Labute approximate surface area is 55.4 Å². The third kappa shape index (κ3) is 1.64. The molecule has 0 spiro atoms.